The summed E-state index contributed by atoms with van der Waals surface area (Å²) in [5.74, 6) is -0.762. The molecule has 22 heavy (non-hydrogen) atoms. The van der Waals surface area contributed by atoms with Crippen LogP contribution in [0.15, 0.2) is 24.3 Å². The smallest absolute Gasteiger partial charge is 0.419 e. The molecule has 0 heterocycles. The molecule has 1 amide bonds. The fourth-order valence-electron chi connectivity index (χ4n) is 2.50. The van der Waals surface area contributed by atoms with Gasteiger partial charge in [0.15, 0.2) is 0 Å². The van der Waals surface area contributed by atoms with Crippen molar-refractivity contribution in [2.24, 2.45) is 0 Å². The number of para-hydroxylation sites is 1. The molecule has 7 heteroatoms. The third-order valence-electron chi connectivity index (χ3n) is 3.69. The Hall–Kier alpha value is -1.76. The van der Waals surface area contributed by atoms with Crippen LogP contribution >= 0.6 is 0 Å². The number of hydrogen-bond acceptors (Lipinski definition) is 3. The highest BCUT2D eigenvalue weighted by molar-refractivity contribution is 5.85. The zero-order chi connectivity index (χ0) is 16.2. The number of carbonyl (C=O) groups is 1. The molecule has 1 aromatic carbocycles. The molecule has 0 radical (unpaired) electrons. The van der Waals surface area contributed by atoms with Gasteiger partial charge < -0.3 is 15.2 Å². The van der Waals surface area contributed by atoms with Crippen LogP contribution in [0, 0.1) is 0 Å². The molecule has 0 bridgehead atoms. The summed E-state index contributed by atoms with van der Waals surface area (Å²) >= 11 is 0. The number of amides is 1. The van der Waals surface area contributed by atoms with Gasteiger partial charge in [0.25, 0.3) is 5.91 Å². The van der Waals surface area contributed by atoms with Crippen molar-refractivity contribution < 1.29 is 27.8 Å². The van der Waals surface area contributed by atoms with Crippen molar-refractivity contribution >= 4 is 5.91 Å². The highest BCUT2D eigenvalue weighted by atomic mass is 19.4. The molecule has 1 saturated carbocycles. The summed E-state index contributed by atoms with van der Waals surface area (Å²) in [6.07, 6.45) is -2.08. The molecule has 1 aliphatic carbocycles. The van der Waals surface area contributed by atoms with E-state index in [-0.39, 0.29) is 18.9 Å². The largest absolute Gasteiger partial charge is 0.491 e. The Bertz CT molecular complexity index is 525. The van der Waals surface area contributed by atoms with Gasteiger partial charge in [0.1, 0.15) is 18.0 Å². The van der Waals surface area contributed by atoms with E-state index in [1.807, 2.05) is 0 Å². The van der Waals surface area contributed by atoms with Crippen molar-refractivity contribution in [2.45, 2.75) is 37.5 Å². The normalized spacial score (nSPS) is 17.3. The van der Waals surface area contributed by atoms with Crippen molar-refractivity contribution in [3.8, 4) is 5.75 Å². The number of benzene rings is 1. The fourth-order valence-corrected chi connectivity index (χ4v) is 2.50. The summed E-state index contributed by atoms with van der Waals surface area (Å²) in [7, 11) is 0. The number of halogens is 3. The predicted octanol–water partition coefficient (Wildman–Crippen LogP) is 2.51. The van der Waals surface area contributed by atoms with E-state index in [4.69, 9.17) is 4.74 Å². The second-order valence-corrected chi connectivity index (χ2v) is 5.34. The molecule has 0 spiro atoms. The Kier molecular flexibility index (Phi) is 4.95. The van der Waals surface area contributed by atoms with Crippen molar-refractivity contribution in [3.05, 3.63) is 29.8 Å². The Morgan fingerprint density at radius 1 is 1.27 bits per heavy atom. The van der Waals surface area contributed by atoms with E-state index < -0.39 is 23.2 Å². The molecule has 2 rings (SSSR count). The van der Waals surface area contributed by atoms with Crippen LogP contribution < -0.4 is 10.1 Å². The third kappa shape index (κ3) is 3.91. The van der Waals surface area contributed by atoms with Gasteiger partial charge in [-0.1, -0.05) is 12.1 Å². The van der Waals surface area contributed by atoms with Crippen LogP contribution in [0.2, 0.25) is 0 Å². The SMILES string of the molecule is O=C(NCCOc1ccccc1C(F)(F)F)C1(O)CCCC1. The summed E-state index contributed by atoms with van der Waals surface area (Å²) in [5.41, 5.74) is -2.19. The summed E-state index contributed by atoms with van der Waals surface area (Å²) in [5, 5.41) is 12.5. The van der Waals surface area contributed by atoms with Crippen LogP contribution in [0.25, 0.3) is 0 Å². The highest BCUT2D eigenvalue weighted by Gasteiger charge is 2.38. The average molecular weight is 317 g/mol. The molecule has 0 aliphatic heterocycles. The topological polar surface area (TPSA) is 58.6 Å². The zero-order valence-corrected chi connectivity index (χ0v) is 11.9. The summed E-state index contributed by atoms with van der Waals surface area (Å²) in [6, 6.07) is 4.90. The lowest BCUT2D eigenvalue weighted by atomic mass is 10.0. The summed E-state index contributed by atoms with van der Waals surface area (Å²) < 4.78 is 43.4. The second kappa shape index (κ2) is 6.56. The lowest BCUT2D eigenvalue weighted by molar-refractivity contribution is -0.140. The van der Waals surface area contributed by atoms with Crippen LogP contribution in [-0.4, -0.2) is 29.8 Å². The molecule has 0 aromatic heterocycles. The van der Waals surface area contributed by atoms with E-state index >= 15 is 0 Å². The van der Waals surface area contributed by atoms with E-state index in [2.05, 4.69) is 5.32 Å². The maximum absolute atomic E-state index is 12.8. The van der Waals surface area contributed by atoms with Crippen LogP contribution in [0.3, 0.4) is 0 Å². The van der Waals surface area contributed by atoms with Gasteiger partial charge in [-0.15, -0.1) is 0 Å². The number of ether oxygens (including phenoxy) is 1. The molecular weight excluding hydrogens is 299 g/mol. The summed E-state index contributed by atoms with van der Waals surface area (Å²) in [4.78, 5) is 11.8. The standard InChI is InChI=1S/C15H18F3NO3/c16-15(17,18)11-5-1-2-6-12(11)22-10-9-19-13(20)14(21)7-3-4-8-14/h1-2,5-6,21H,3-4,7-10H2,(H,19,20). The van der Waals surface area contributed by atoms with E-state index in [1.165, 1.54) is 18.2 Å². The quantitative estimate of drug-likeness (QED) is 0.821. The molecule has 1 aliphatic rings. The van der Waals surface area contributed by atoms with E-state index in [9.17, 15) is 23.1 Å². The van der Waals surface area contributed by atoms with Crippen molar-refractivity contribution in [1.82, 2.24) is 5.32 Å². The first-order chi connectivity index (χ1) is 10.3. The number of rotatable bonds is 5. The minimum absolute atomic E-state index is 0.0351. The maximum Gasteiger partial charge on any atom is 0.419 e. The number of nitrogens with one attached hydrogen (secondary N) is 1. The summed E-state index contributed by atoms with van der Waals surface area (Å²) in [6.45, 7) is -0.0672. The lowest BCUT2D eigenvalue weighted by Crippen LogP contribution is -2.45. The number of aliphatic hydroxyl groups is 1. The molecule has 1 fully saturated rings. The monoisotopic (exact) mass is 317 g/mol. The van der Waals surface area contributed by atoms with Crippen LogP contribution in [-0.2, 0) is 11.0 Å². The Balaban J connectivity index is 1.83. The molecule has 0 unspecified atom stereocenters. The molecule has 0 atom stereocenters. The van der Waals surface area contributed by atoms with Crippen LogP contribution in [0.1, 0.15) is 31.2 Å². The number of carbonyl (C=O) groups excluding carboxylic acids is 1. The highest BCUT2D eigenvalue weighted by Crippen LogP contribution is 2.35. The molecular formula is C15H18F3NO3. The number of hydrogen-bond donors (Lipinski definition) is 2. The predicted molar refractivity (Wildman–Crippen MR) is 73.4 cm³/mol. The van der Waals surface area contributed by atoms with Crippen LogP contribution in [0.4, 0.5) is 13.2 Å². The van der Waals surface area contributed by atoms with Crippen molar-refractivity contribution in [1.29, 1.82) is 0 Å². The van der Waals surface area contributed by atoms with Gasteiger partial charge >= 0.3 is 6.18 Å². The van der Waals surface area contributed by atoms with Gasteiger partial charge in [-0.2, -0.15) is 13.2 Å². The first-order valence-electron chi connectivity index (χ1n) is 7.13. The van der Waals surface area contributed by atoms with Gasteiger partial charge in [-0.25, -0.2) is 0 Å². The van der Waals surface area contributed by atoms with Crippen LogP contribution in [0.5, 0.6) is 5.75 Å². The Morgan fingerprint density at radius 3 is 2.55 bits per heavy atom. The molecule has 4 nitrogen and oxygen atoms in total. The van der Waals surface area contributed by atoms with E-state index in [1.54, 1.807) is 0 Å². The second-order valence-electron chi connectivity index (χ2n) is 5.34. The van der Waals surface area contributed by atoms with Gasteiger partial charge in [0, 0.05) is 0 Å². The Morgan fingerprint density at radius 2 is 1.91 bits per heavy atom. The molecule has 2 N–H and O–H groups in total. The third-order valence-corrected chi connectivity index (χ3v) is 3.69. The first kappa shape index (κ1) is 16.6. The molecule has 0 saturated heterocycles. The van der Waals surface area contributed by atoms with E-state index in [0.29, 0.717) is 12.8 Å². The zero-order valence-electron chi connectivity index (χ0n) is 11.9. The average Bonchev–Trinajstić information content (AvgIpc) is 2.91. The first-order valence-corrected chi connectivity index (χ1v) is 7.13. The Labute approximate surface area is 126 Å². The van der Waals surface area contributed by atoms with Gasteiger partial charge in [-0.3, -0.25) is 4.79 Å². The van der Waals surface area contributed by atoms with E-state index in [0.717, 1.165) is 18.9 Å². The minimum Gasteiger partial charge on any atom is -0.491 e. The lowest BCUT2D eigenvalue weighted by Gasteiger charge is -2.21. The number of alkyl halides is 3. The molecule has 1 aromatic rings. The minimum atomic E-state index is -4.49. The maximum atomic E-state index is 12.8. The fraction of sp³-hybridized carbons (Fsp3) is 0.533. The molecule has 122 valence electrons. The van der Waals surface area contributed by atoms with Crippen molar-refractivity contribution in [2.75, 3.05) is 13.2 Å². The van der Waals surface area contributed by atoms with Gasteiger partial charge in [0.2, 0.25) is 0 Å². The van der Waals surface area contributed by atoms with Gasteiger partial charge in [-0.05, 0) is 37.8 Å². The van der Waals surface area contributed by atoms with Crippen molar-refractivity contribution in [3.63, 3.8) is 0 Å². The van der Waals surface area contributed by atoms with Gasteiger partial charge in [0.05, 0.1) is 12.1 Å².